The fraction of sp³-hybridized carbons (Fsp3) is 0.304. The highest BCUT2D eigenvalue weighted by molar-refractivity contribution is 7.89. The predicted molar refractivity (Wildman–Crippen MR) is 122 cm³/mol. The number of benzene rings is 2. The molecule has 0 bridgehead atoms. The molecule has 1 N–H and O–H groups in total. The summed E-state index contributed by atoms with van der Waals surface area (Å²) in [4.78, 5) is 14.7. The lowest BCUT2D eigenvalue weighted by atomic mass is 10.2. The molecule has 0 aliphatic carbocycles. The Hall–Kier alpha value is -3.35. The zero-order valence-electron chi connectivity index (χ0n) is 18.3. The van der Waals surface area contributed by atoms with Gasteiger partial charge in [0.25, 0.3) is 5.91 Å². The predicted octanol–water partition coefficient (Wildman–Crippen LogP) is 2.66. The van der Waals surface area contributed by atoms with Crippen LogP contribution in [0.3, 0.4) is 0 Å². The number of nitriles is 1. The minimum absolute atomic E-state index is 0.0663. The molecule has 0 unspecified atom stereocenters. The molecule has 168 valence electrons. The number of rotatable bonds is 6. The highest BCUT2D eigenvalue weighted by atomic mass is 32.2. The van der Waals surface area contributed by atoms with E-state index in [-0.39, 0.29) is 23.6 Å². The third-order valence-electron chi connectivity index (χ3n) is 5.21. The second-order valence-corrected chi connectivity index (χ2v) is 9.50. The van der Waals surface area contributed by atoms with Crippen LogP contribution in [0.15, 0.2) is 59.1 Å². The molecule has 1 fully saturated rings. The largest absolute Gasteiger partial charge is 0.495 e. The van der Waals surface area contributed by atoms with Crippen LogP contribution in [-0.4, -0.2) is 56.8 Å². The summed E-state index contributed by atoms with van der Waals surface area (Å²) in [5, 5.41) is 12.2. The van der Waals surface area contributed by atoms with Crippen LogP contribution < -0.4 is 10.1 Å². The van der Waals surface area contributed by atoms with Crippen LogP contribution in [-0.2, 0) is 14.8 Å². The number of aryl methyl sites for hydroxylation is 2. The average Bonchev–Trinajstić information content (AvgIpc) is 2.78. The summed E-state index contributed by atoms with van der Waals surface area (Å²) in [5.41, 5.74) is 2.34. The second kappa shape index (κ2) is 9.85. The summed E-state index contributed by atoms with van der Waals surface area (Å²) < 4.78 is 32.4. The van der Waals surface area contributed by atoms with Gasteiger partial charge in [0.1, 0.15) is 17.4 Å². The third kappa shape index (κ3) is 5.28. The van der Waals surface area contributed by atoms with Gasteiger partial charge >= 0.3 is 0 Å². The van der Waals surface area contributed by atoms with Gasteiger partial charge in [-0.05, 0) is 43.7 Å². The lowest BCUT2D eigenvalue weighted by Gasteiger charge is -2.33. The van der Waals surface area contributed by atoms with Crippen molar-refractivity contribution in [2.24, 2.45) is 0 Å². The van der Waals surface area contributed by atoms with E-state index in [2.05, 4.69) is 5.32 Å². The first-order chi connectivity index (χ1) is 15.2. The Kier molecular flexibility index (Phi) is 7.18. The van der Waals surface area contributed by atoms with E-state index >= 15 is 0 Å². The molecular weight excluding hydrogens is 428 g/mol. The Balaban J connectivity index is 1.67. The van der Waals surface area contributed by atoms with Crippen molar-refractivity contribution < 1.29 is 17.9 Å². The van der Waals surface area contributed by atoms with Crippen molar-refractivity contribution in [3.63, 3.8) is 0 Å². The molecule has 9 heteroatoms. The summed E-state index contributed by atoms with van der Waals surface area (Å²) in [5.74, 6) is -0.0535. The van der Waals surface area contributed by atoms with Crippen LogP contribution in [0.2, 0.25) is 0 Å². The molecular formula is C23H26N4O4S. The first-order valence-corrected chi connectivity index (χ1v) is 11.6. The molecule has 8 nitrogen and oxygen atoms in total. The minimum Gasteiger partial charge on any atom is -0.495 e. The Morgan fingerprint density at radius 2 is 1.69 bits per heavy atom. The van der Waals surface area contributed by atoms with Gasteiger partial charge in [0.15, 0.2) is 0 Å². The highest BCUT2D eigenvalue weighted by Crippen LogP contribution is 2.26. The number of methoxy groups -OCH3 is 1. The fourth-order valence-corrected chi connectivity index (χ4v) is 4.78. The fourth-order valence-electron chi connectivity index (χ4n) is 3.36. The van der Waals surface area contributed by atoms with E-state index in [0.29, 0.717) is 24.5 Å². The monoisotopic (exact) mass is 454 g/mol. The number of nitrogens with zero attached hydrogens (tertiary/aromatic N) is 3. The Morgan fingerprint density at radius 3 is 2.28 bits per heavy atom. The topological polar surface area (TPSA) is 103 Å². The van der Waals surface area contributed by atoms with Crippen molar-refractivity contribution in [2.75, 3.05) is 38.6 Å². The average molecular weight is 455 g/mol. The molecule has 1 aliphatic heterocycles. The molecule has 0 aromatic heterocycles. The molecule has 1 saturated heterocycles. The number of amides is 1. The van der Waals surface area contributed by atoms with Crippen molar-refractivity contribution in [3.8, 4) is 11.8 Å². The van der Waals surface area contributed by atoms with E-state index in [4.69, 9.17) is 4.74 Å². The van der Waals surface area contributed by atoms with Crippen LogP contribution in [0.4, 0.5) is 5.69 Å². The first-order valence-electron chi connectivity index (χ1n) is 10.1. The first kappa shape index (κ1) is 23.3. The smallest absolute Gasteiger partial charge is 0.267 e. The number of hydrogen-bond donors (Lipinski definition) is 1. The molecule has 0 saturated carbocycles. The number of anilines is 1. The van der Waals surface area contributed by atoms with Crippen LogP contribution >= 0.6 is 0 Å². The maximum atomic E-state index is 12.8. The van der Waals surface area contributed by atoms with Gasteiger partial charge < -0.3 is 15.0 Å². The summed E-state index contributed by atoms with van der Waals surface area (Å²) in [6.45, 7) is 5.06. The number of sulfonamides is 1. The number of carbonyl (C=O) groups is 1. The van der Waals surface area contributed by atoms with E-state index in [1.807, 2.05) is 26.0 Å². The zero-order chi connectivity index (χ0) is 23.3. The Morgan fingerprint density at radius 1 is 1.06 bits per heavy atom. The molecule has 1 aliphatic rings. The number of nitrogens with one attached hydrogen (secondary N) is 1. The van der Waals surface area contributed by atoms with Crippen molar-refractivity contribution >= 4 is 21.6 Å². The summed E-state index contributed by atoms with van der Waals surface area (Å²) in [7, 11) is -2.07. The van der Waals surface area contributed by atoms with Gasteiger partial charge in [0, 0.05) is 32.4 Å². The third-order valence-corrected chi connectivity index (χ3v) is 7.12. The lowest BCUT2D eigenvalue weighted by molar-refractivity contribution is -0.112. The van der Waals surface area contributed by atoms with Crippen molar-refractivity contribution in [1.82, 2.24) is 9.21 Å². The second-order valence-electron chi connectivity index (χ2n) is 7.57. The molecule has 1 heterocycles. The highest BCUT2D eigenvalue weighted by Gasteiger charge is 2.28. The molecule has 2 aromatic rings. The van der Waals surface area contributed by atoms with Crippen LogP contribution in [0, 0.1) is 25.2 Å². The van der Waals surface area contributed by atoms with E-state index < -0.39 is 15.9 Å². The van der Waals surface area contributed by atoms with Crippen molar-refractivity contribution in [2.45, 2.75) is 18.7 Å². The van der Waals surface area contributed by atoms with E-state index in [1.54, 1.807) is 41.3 Å². The lowest BCUT2D eigenvalue weighted by Crippen LogP contribution is -2.46. The molecule has 32 heavy (non-hydrogen) atoms. The summed E-state index contributed by atoms with van der Waals surface area (Å²) in [6, 6.07) is 14.1. The molecule has 0 spiro atoms. The molecule has 1 amide bonds. The van der Waals surface area contributed by atoms with Crippen LogP contribution in [0.1, 0.15) is 11.1 Å². The van der Waals surface area contributed by atoms with Gasteiger partial charge in [-0.15, -0.1) is 0 Å². The van der Waals surface area contributed by atoms with Gasteiger partial charge in [0.05, 0.1) is 17.7 Å². The molecule has 3 rings (SSSR count). The summed E-state index contributed by atoms with van der Waals surface area (Å²) in [6.07, 6.45) is 1.48. The van der Waals surface area contributed by atoms with Crippen molar-refractivity contribution in [3.05, 3.63) is 65.4 Å². The zero-order valence-corrected chi connectivity index (χ0v) is 19.1. The van der Waals surface area contributed by atoms with Crippen molar-refractivity contribution in [1.29, 1.82) is 5.26 Å². The molecule has 0 atom stereocenters. The van der Waals surface area contributed by atoms with E-state index in [9.17, 15) is 18.5 Å². The SMILES string of the molecule is COc1ccc(C)cc1NC(=O)/C(C#N)=C\N1CCN(S(=O)(=O)c2ccc(C)cc2)CC1. The maximum absolute atomic E-state index is 12.8. The number of ether oxygens (including phenoxy) is 1. The standard InChI is InChI=1S/C23H26N4O4S/c1-17-4-7-20(8-5-17)32(29,30)27-12-10-26(11-13-27)16-19(15-24)23(28)25-21-14-18(2)6-9-22(21)31-3/h4-9,14,16H,10-13H2,1-3H3,(H,25,28)/b19-16-. The normalized spacial score (nSPS) is 15.2. The van der Waals surface area contributed by atoms with Gasteiger partial charge in [-0.1, -0.05) is 23.8 Å². The van der Waals surface area contributed by atoms with Gasteiger partial charge in [0.2, 0.25) is 10.0 Å². The maximum Gasteiger partial charge on any atom is 0.267 e. The van der Waals surface area contributed by atoms with E-state index in [0.717, 1.165) is 11.1 Å². The minimum atomic E-state index is -3.58. The van der Waals surface area contributed by atoms with Gasteiger partial charge in [-0.3, -0.25) is 4.79 Å². The number of carbonyl (C=O) groups excluding carboxylic acids is 1. The molecule has 2 aromatic carbocycles. The Bertz CT molecular complexity index is 1160. The molecule has 0 radical (unpaired) electrons. The quantitative estimate of drug-likeness (QED) is 0.532. The number of piperazine rings is 1. The summed E-state index contributed by atoms with van der Waals surface area (Å²) >= 11 is 0. The van der Waals surface area contributed by atoms with Gasteiger partial charge in [-0.2, -0.15) is 9.57 Å². The van der Waals surface area contributed by atoms with E-state index in [1.165, 1.54) is 17.6 Å². The van der Waals surface area contributed by atoms with Crippen LogP contribution in [0.5, 0.6) is 5.75 Å². The van der Waals surface area contributed by atoms with Gasteiger partial charge in [-0.25, -0.2) is 8.42 Å². The Labute approximate surface area is 188 Å². The number of hydrogen-bond acceptors (Lipinski definition) is 6. The van der Waals surface area contributed by atoms with Crippen LogP contribution in [0.25, 0.3) is 0 Å².